The SMILES string of the molecule is CC(C)C(Cl)=NOC(NC(=O)Nc1ccccc1F)(C(F)(F)F)C(F)(F)F. The highest BCUT2D eigenvalue weighted by molar-refractivity contribution is 6.65. The molecular weight excluding hydrogens is 411 g/mol. The van der Waals surface area contributed by atoms with Crippen LogP contribution in [0.2, 0.25) is 0 Å². The Morgan fingerprint density at radius 1 is 1.11 bits per heavy atom. The highest BCUT2D eigenvalue weighted by atomic mass is 35.5. The van der Waals surface area contributed by atoms with Crippen LogP contribution in [-0.4, -0.2) is 29.3 Å². The van der Waals surface area contributed by atoms with Crippen molar-refractivity contribution in [2.45, 2.75) is 31.9 Å². The van der Waals surface area contributed by atoms with Gasteiger partial charge in [0.1, 0.15) is 11.0 Å². The summed E-state index contributed by atoms with van der Waals surface area (Å²) in [5.41, 5.74) is -5.87. The van der Waals surface area contributed by atoms with Crippen molar-refractivity contribution < 1.29 is 40.4 Å². The van der Waals surface area contributed by atoms with Gasteiger partial charge in [-0.25, -0.2) is 9.18 Å². The molecule has 27 heavy (non-hydrogen) atoms. The number of nitrogens with one attached hydrogen (secondary N) is 2. The zero-order valence-electron chi connectivity index (χ0n) is 13.7. The molecule has 152 valence electrons. The second kappa shape index (κ2) is 8.19. The highest BCUT2D eigenvalue weighted by Gasteiger charge is 2.76. The van der Waals surface area contributed by atoms with Crippen LogP contribution in [0.5, 0.6) is 0 Å². The molecule has 1 aromatic carbocycles. The lowest BCUT2D eigenvalue weighted by molar-refractivity contribution is -0.388. The number of nitrogens with zero attached hydrogens (tertiary/aromatic N) is 1. The summed E-state index contributed by atoms with van der Waals surface area (Å²) in [4.78, 5) is 15.4. The molecule has 0 spiro atoms. The molecule has 0 fully saturated rings. The normalized spacial score (nSPS) is 13.5. The summed E-state index contributed by atoms with van der Waals surface area (Å²) in [6.07, 6.45) is -12.4. The summed E-state index contributed by atoms with van der Waals surface area (Å²) in [6.45, 7) is 2.66. The number of benzene rings is 1. The molecule has 2 amide bonds. The van der Waals surface area contributed by atoms with Gasteiger partial charge < -0.3 is 10.2 Å². The van der Waals surface area contributed by atoms with Crippen LogP contribution >= 0.6 is 11.6 Å². The van der Waals surface area contributed by atoms with Gasteiger partial charge in [-0.15, -0.1) is 0 Å². The van der Waals surface area contributed by atoms with Crippen LogP contribution in [0.25, 0.3) is 0 Å². The minimum absolute atomic E-state index is 0.626. The van der Waals surface area contributed by atoms with Crippen molar-refractivity contribution in [1.82, 2.24) is 5.32 Å². The topological polar surface area (TPSA) is 62.7 Å². The Hall–Kier alpha value is -2.24. The van der Waals surface area contributed by atoms with E-state index >= 15 is 0 Å². The summed E-state index contributed by atoms with van der Waals surface area (Å²) >= 11 is 5.42. The molecule has 0 atom stereocenters. The van der Waals surface area contributed by atoms with Gasteiger partial charge in [0.05, 0.1) is 5.69 Å². The molecule has 0 unspecified atom stereocenters. The molecule has 0 saturated carbocycles. The maximum atomic E-state index is 13.4. The number of hydrogen-bond acceptors (Lipinski definition) is 3. The monoisotopic (exact) mass is 423 g/mol. The van der Waals surface area contributed by atoms with Gasteiger partial charge in [-0.05, 0) is 12.1 Å². The summed E-state index contributed by atoms with van der Waals surface area (Å²) < 4.78 is 92.8. The number of amides is 2. The Bertz CT molecular complexity index is 691. The van der Waals surface area contributed by atoms with E-state index in [9.17, 15) is 35.5 Å². The molecule has 0 bridgehead atoms. The van der Waals surface area contributed by atoms with Crippen molar-refractivity contribution >= 4 is 28.5 Å². The lowest BCUT2D eigenvalue weighted by Gasteiger charge is -2.34. The van der Waals surface area contributed by atoms with Crippen LogP contribution in [0.3, 0.4) is 0 Å². The van der Waals surface area contributed by atoms with Gasteiger partial charge in [0.15, 0.2) is 0 Å². The van der Waals surface area contributed by atoms with Crippen molar-refractivity contribution in [3.63, 3.8) is 0 Å². The van der Waals surface area contributed by atoms with Crippen LogP contribution < -0.4 is 10.6 Å². The van der Waals surface area contributed by atoms with Gasteiger partial charge in [-0.2, -0.15) is 26.3 Å². The minimum atomic E-state index is -6.19. The predicted molar refractivity (Wildman–Crippen MR) is 82.6 cm³/mol. The summed E-state index contributed by atoms with van der Waals surface area (Å²) in [6, 6.07) is 2.11. The first kappa shape index (κ1) is 22.8. The van der Waals surface area contributed by atoms with E-state index in [2.05, 4.69) is 9.99 Å². The van der Waals surface area contributed by atoms with Crippen LogP contribution in [-0.2, 0) is 4.84 Å². The number of carbonyl (C=O) groups excluding carboxylic acids is 1. The number of rotatable bonds is 5. The minimum Gasteiger partial charge on any atom is -0.346 e. The Morgan fingerprint density at radius 2 is 1.63 bits per heavy atom. The van der Waals surface area contributed by atoms with Crippen LogP contribution in [0.15, 0.2) is 29.4 Å². The van der Waals surface area contributed by atoms with Crippen molar-refractivity contribution in [1.29, 1.82) is 0 Å². The third kappa shape index (κ3) is 5.37. The second-order valence-electron chi connectivity index (χ2n) is 5.40. The predicted octanol–water partition coefficient (Wildman–Crippen LogP) is 4.99. The largest absolute Gasteiger partial charge is 0.461 e. The Balaban J connectivity index is 3.26. The molecule has 13 heteroatoms. The summed E-state index contributed by atoms with van der Waals surface area (Å²) in [5, 5.41) is 4.09. The van der Waals surface area contributed by atoms with E-state index in [0.29, 0.717) is 5.32 Å². The van der Waals surface area contributed by atoms with E-state index in [0.717, 1.165) is 12.1 Å². The lowest BCUT2D eigenvalue weighted by Crippen LogP contribution is -2.69. The molecule has 1 aromatic rings. The van der Waals surface area contributed by atoms with E-state index in [1.807, 2.05) is 0 Å². The van der Waals surface area contributed by atoms with E-state index in [1.54, 1.807) is 0 Å². The maximum Gasteiger partial charge on any atom is 0.461 e. The first-order chi connectivity index (χ1) is 12.2. The van der Waals surface area contributed by atoms with Gasteiger partial charge in [0, 0.05) is 5.92 Å². The van der Waals surface area contributed by atoms with E-state index in [-0.39, 0.29) is 0 Å². The Labute approximate surface area is 153 Å². The number of anilines is 1. The van der Waals surface area contributed by atoms with E-state index in [1.165, 1.54) is 31.3 Å². The fourth-order valence-electron chi connectivity index (χ4n) is 1.52. The molecule has 0 aromatic heterocycles. The third-order valence-corrected chi connectivity index (χ3v) is 3.46. The Morgan fingerprint density at radius 3 is 2.07 bits per heavy atom. The molecule has 0 aliphatic rings. The number of para-hydroxylation sites is 1. The first-order valence-corrected chi connectivity index (χ1v) is 7.47. The zero-order chi connectivity index (χ0) is 21.0. The van der Waals surface area contributed by atoms with E-state index < -0.39 is 46.7 Å². The number of carbonyl (C=O) groups is 1. The smallest absolute Gasteiger partial charge is 0.346 e. The molecular formula is C14H13ClF7N3O2. The van der Waals surface area contributed by atoms with Gasteiger partial charge in [-0.3, -0.25) is 5.32 Å². The number of oxime groups is 1. The fourth-order valence-corrected chi connectivity index (χ4v) is 1.56. The number of hydrogen-bond donors (Lipinski definition) is 2. The van der Waals surface area contributed by atoms with Crippen LogP contribution in [0.4, 0.5) is 41.2 Å². The van der Waals surface area contributed by atoms with Crippen LogP contribution in [0.1, 0.15) is 13.8 Å². The molecule has 0 aliphatic carbocycles. The Kier molecular flexibility index (Phi) is 6.92. The average Bonchev–Trinajstić information content (AvgIpc) is 2.50. The molecule has 5 nitrogen and oxygen atoms in total. The van der Waals surface area contributed by atoms with Gasteiger partial charge in [0.25, 0.3) is 0 Å². The average molecular weight is 424 g/mol. The molecule has 0 aliphatic heterocycles. The van der Waals surface area contributed by atoms with Crippen molar-refractivity contribution in [3.05, 3.63) is 30.1 Å². The van der Waals surface area contributed by atoms with Gasteiger partial charge in [-0.1, -0.05) is 42.7 Å². The van der Waals surface area contributed by atoms with Crippen molar-refractivity contribution in [2.75, 3.05) is 5.32 Å². The van der Waals surface area contributed by atoms with Crippen molar-refractivity contribution in [2.24, 2.45) is 11.1 Å². The maximum absolute atomic E-state index is 13.4. The highest BCUT2D eigenvalue weighted by Crippen LogP contribution is 2.44. The van der Waals surface area contributed by atoms with Crippen LogP contribution in [0, 0.1) is 11.7 Å². The number of alkyl halides is 6. The van der Waals surface area contributed by atoms with Gasteiger partial charge in [0.2, 0.25) is 0 Å². The number of halogens is 8. The zero-order valence-corrected chi connectivity index (χ0v) is 14.4. The standard InChI is InChI=1S/C14H13ClF7N3O2/c1-7(2)10(15)25-27-12(13(17,18)19,14(20,21)22)24-11(26)23-9-6-4-3-5-8(9)16/h3-7H,1-2H3,(H2,23,24,26). The lowest BCUT2D eigenvalue weighted by atomic mass is 10.2. The molecule has 2 N–H and O–H groups in total. The molecule has 0 radical (unpaired) electrons. The second-order valence-corrected chi connectivity index (χ2v) is 5.78. The third-order valence-electron chi connectivity index (χ3n) is 2.96. The summed E-state index contributed by atoms with van der Waals surface area (Å²) in [7, 11) is 0. The molecule has 1 rings (SSSR count). The summed E-state index contributed by atoms with van der Waals surface area (Å²) in [5.74, 6) is -1.84. The molecule has 0 heterocycles. The van der Waals surface area contributed by atoms with E-state index in [4.69, 9.17) is 11.6 Å². The first-order valence-electron chi connectivity index (χ1n) is 7.10. The molecule has 0 saturated heterocycles. The van der Waals surface area contributed by atoms with Gasteiger partial charge >= 0.3 is 24.1 Å². The van der Waals surface area contributed by atoms with Crippen molar-refractivity contribution in [3.8, 4) is 0 Å². The quantitative estimate of drug-likeness (QED) is 0.303. The number of urea groups is 1. The fraction of sp³-hybridized carbons (Fsp3) is 0.429.